The van der Waals surface area contributed by atoms with Gasteiger partial charge in [-0.15, -0.1) is 0 Å². The number of oxazole rings is 1. The first-order valence-corrected chi connectivity index (χ1v) is 14.9. The minimum absolute atomic E-state index is 0.0931. The smallest absolute Gasteiger partial charge is 0.417 e. The summed E-state index contributed by atoms with van der Waals surface area (Å²) in [5.41, 5.74) is 0.0363. The van der Waals surface area contributed by atoms with E-state index in [2.05, 4.69) is 25.9 Å². The predicted molar refractivity (Wildman–Crippen MR) is 163 cm³/mol. The number of piperidine rings is 1. The number of carbonyl (C=O) groups excluding carboxylic acids is 2. The minimum atomic E-state index is -4.90. The van der Waals surface area contributed by atoms with Crippen LogP contribution < -0.4 is 20.9 Å². The van der Waals surface area contributed by atoms with Gasteiger partial charge in [-0.1, -0.05) is 42.5 Å². The van der Waals surface area contributed by atoms with Crippen molar-refractivity contribution in [3.05, 3.63) is 95.8 Å². The van der Waals surface area contributed by atoms with Crippen molar-refractivity contribution in [3.63, 3.8) is 0 Å². The number of benzene rings is 2. The van der Waals surface area contributed by atoms with Crippen LogP contribution in [0.25, 0.3) is 0 Å². The zero-order valence-corrected chi connectivity index (χ0v) is 24.6. The lowest BCUT2D eigenvalue weighted by molar-refractivity contribution is -0.141. The molecule has 4 heterocycles. The molecule has 2 aromatic carbocycles. The summed E-state index contributed by atoms with van der Waals surface area (Å²) in [6.45, 7) is 1.66. The molecule has 0 bridgehead atoms. The third-order valence-corrected chi connectivity index (χ3v) is 8.09. The Morgan fingerprint density at radius 3 is 2.33 bits per heavy atom. The number of nitrogens with one attached hydrogen (secondary N) is 3. The molecule has 14 heteroatoms. The summed E-state index contributed by atoms with van der Waals surface area (Å²) in [7, 11) is 0. The molecule has 0 spiro atoms. The van der Waals surface area contributed by atoms with Crippen LogP contribution in [0.1, 0.15) is 47.0 Å². The lowest BCUT2D eigenvalue weighted by atomic mass is 9.90. The van der Waals surface area contributed by atoms with Gasteiger partial charge in [0.05, 0.1) is 17.6 Å². The Bertz CT molecular complexity index is 1670. The summed E-state index contributed by atoms with van der Waals surface area (Å²) >= 11 is 0. The van der Waals surface area contributed by atoms with E-state index in [9.17, 15) is 27.2 Å². The van der Waals surface area contributed by atoms with Gasteiger partial charge in [0.1, 0.15) is 11.6 Å². The number of carbonyl (C=O) groups is 2. The summed E-state index contributed by atoms with van der Waals surface area (Å²) in [5, 5.41) is 8.17. The average Bonchev–Trinajstić information content (AvgIpc) is 3.72. The maximum atomic E-state index is 13.9. The van der Waals surface area contributed by atoms with Crippen molar-refractivity contribution in [1.29, 1.82) is 0 Å². The second-order valence-electron chi connectivity index (χ2n) is 11.2. The third-order valence-electron chi connectivity index (χ3n) is 8.09. The number of likely N-dealkylation sites (tertiary alicyclic amines) is 1. The molecule has 1 atom stereocenters. The Morgan fingerprint density at radius 2 is 1.63 bits per heavy atom. The zero-order valence-electron chi connectivity index (χ0n) is 24.6. The van der Waals surface area contributed by atoms with E-state index in [4.69, 9.17) is 4.42 Å². The van der Waals surface area contributed by atoms with Crippen LogP contribution >= 0.6 is 0 Å². The molecule has 2 aromatic heterocycles. The van der Waals surface area contributed by atoms with Crippen LogP contribution in [0.3, 0.4) is 0 Å². The fourth-order valence-corrected chi connectivity index (χ4v) is 5.69. The molecule has 2 aliphatic heterocycles. The number of rotatable bonds is 7. The largest absolute Gasteiger partial charge is 0.437 e. The van der Waals surface area contributed by atoms with Gasteiger partial charge in [-0.05, 0) is 55.0 Å². The summed E-state index contributed by atoms with van der Waals surface area (Å²) in [6, 6.07) is 18.1. The normalized spacial score (nSPS) is 17.2. The number of anilines is 4. The number of nitrogens with zero attached hydrogens (tertiary/aromatic N) is 4. The molecule has 4 aromatic rings. The van der Waals surface area contributed by atoms with Crippen molar-refractivity contribution >= 4 is 35.1 Å². The number of hydrogen-bond acceptors (Lipinski definition) is 7. The van der Waals surface area contributed by atoms with Crippen LogP contribution in [-0.2, 0) is 6.18 Å². The van der Waals surface area contributed by atoms with E-state index in [1.54, 1.807) is 21.9 Å². The van der Waals surface area contributed by atoms with E-state index >= 15 is 0 Å². The van der Waals surface area contributed by atoms with E-state index in [1.807, 2.05) is 30.3 Å². The minimum Gasteiger partial charge on any atom is -0.417 e. The number of halogens is 4. The van der Waals surface area contributed by atoms with E-state index in [0.29, 0.717) is 51.3 Å². The van der Waals surface area contributed by atoms with Gasteiger partial charge in [-0.25, -0.2) is 14.2 Å². The van der Waals surface area contributed by atoms with Crippen LogP contribution in [0.15, 0.2) is 77.3 Å². The fraction of sp³-hybridized carbons (Fsp3) is 0.312. The van der Waals surface area contributed by atoms with Gasteiger partial charge in [0.2, 0.25) is 5.76 Å². The number of para-hydroxylation sites is 1. The van der Waals surface area contributed by atoms with Gasteiger partial charge in [-0.3, -0.25) is 4.79 Å². The predicted octanol–water partition coefficient (Wildman–Crippen LogP) is 6.58. The van der Waals surface area contributed by atoms with Crippen LogP contribution in [-0.4, -0.2) is 59.0 Å². The molecular formula is C32H31F4N7O3. The Morgan fingerprint density at radius 1 is 0.891 bits per heavy atom. The summed E-state index contributed by atoms with van der Waals surface area (Å²) < 4.78 is 60.9. The number of hydrogen-bond donors (Lipinski definition) is 3. The van der Waals surface area contributed by atoms with Crippen molar-refractivity contribution in [2.45, 2.75) is 37.4 Å². The van der Waals surface area contributed by atoms with Gasteiger partial charge < -0.3 is 30.2 Å². The first-order valence-electron chi connectivity index (χ1n) is 14.9. The van der Waals surface area contributed by atoms with Crippen molar-refractivity contribution < 1.29 is 31.6 Å². The van der Waals surface area contributed by atoms with Gasteiger partial charge in [0, 0.05) is 32.2 Å². The lowest BCUT2D eigenvalue weighted by Crippen LogP contribution is -2.35. The van der Waals surface area contributed by atoms with E-state index in [0.717, 1.165) is 0 Å². The molecular weight excluding hydrogens is 606 g/mol. The molecule has 2 fully saturated rings. The number of alkyl halides is 3. The van der Waals surface area contributed by atoms with E-state index in [-0.39, 0.29) is 29.3 Å². The molecule has 2 saturated heterocycles. The van der Waals surface area contributed by atoms with Crippen molar-refractivity contribution in [3.8, 4) is 0 Å². The van der Waals surface area contributed by atoms with Crippen molar-refractivity contribution in [2.75, 3.05) is 47.0 Å². The summed E-state index contributed by atoms with van der Waals surface area (Å²) in [4.78, 5) is 36.6. The Balaban J connectivity index is 1.05. The van der Waals surface area contributed by atoms with Gasteiger partial charge in [0.25, 0.3) is 11.9 Å². The summed E-state index contributed by atoms with van der Waals surface area (Å²) in [5.74, 6) is -1.83. The Labute approximate surface area is 261 Å². The molecule has 10 nitrogen and oxygen atoms in total. The summed E-state index contributed by atoms with van der Waals surface area (Å²) in [6.07, 6.45) is -1.56. The number of amides is 3. The van der Waals surface area contributed by atoms with Gasteiger partial charge >= 0.3 is 12.2 Å². The highest BCUT2D eigenvalue weighted by Gasteiger charge is 2.42. The molecule has 3 N–H and O–H groups in total. The van der Waals surface area contributed by atoms with Crippen molar-refractivity contribution in [2.24, 2.45) is 0 Å². The molecule has 0 radical (unpaired) electrons. The van der Waals surface area contributed by atoms with Crippen molar-refractivity contribution in [1.82, 2.24) is 14.9 Å². The number of pyridine rings is 1. The number of urea groups is 1. The fourth-order valence-electron chi connectivity index (χ4n) is 5.69. The second kappa shape index (κ2) is 13.1. The topological polar surface area (TPSA) is 116 Å². The quantitative estimate of drug-likeness (QED) is 0.196. The van der Waals surface area contributed by atoms with Crippen LogP contribution in [0.4, 0.5) is 45.6 Å². The van der Waals surface area contributed by atoms with Crippen LogP contribution in [0.5, 0.6) is 0 Å². The third kappa shape index (κ3) is 7.05. The maximum Gasteiger partial charge on any atom is 0.437 e. The molecule has 2 aliphatic rings. The van der Waals surface area contributed by atoms with Crippen LogP contribution in [0, 0.1) is 5.82 Å². The molecule has 6 rings (SSSR count). The second-order valence-corrected chi connectivity index (χ2v) is 11.2. The zero-order chi connectivity index (χ0) is 32.3. The Kier molecular flexibility index (Phi) is 8.77. The molecule has 0 aliphatic carbocycles. The molecule has 46 heavy (non-hydrogen) atoms. The van der Waals surface area contributed by atoms with E-state index in [1.165, 1.54) is 36.0 Å². The van der Waals surface area contributed by atoms with E-state index < -0.39 is 35.4 Å². The van der Waals surface area contributed by atoms with Crippen LogP contribution in [0.2, 0.25) is 0 Å². The lowest BCUT2D eigenvalue weighted by Gasteiger charge is -2.31. The Hall–Kier alpha value is -5.14. The highest BCUT2D eigenvalue weighted by atomic mass is 19.4. The highest BCUT2D eigenvalue weighted by Crippen LogP contribution is 2.36. The first-order chi connectivity index (χ1) is 22.1. The van der Waals surface area contributed by atoms with Gasteiger partial charge in [0.15, 0.2) is 5.69 Å². The standard InChI is InChI=1S/C32H31F4N7O3/c33-24-8-4-5-9-25(24)40-30(45)43-17-14-23(19-43)38-26-11-10-22(18-37-26)39-29(44)27-28(32(34,35)36)41-31(46-27)42-15-12-21(13-16-42)20-6-2-1-3-7-20/h1-11,18,21,23H,12-17,19H2,(H,37,38)(H,39,44)(H,40,45). The SMILES string of the molecule is O=C(Nc1ccc(NC2CCN(C(=O)Nc3ccccc3F)C2)nc1)c1oc(N2CCC(c3ccccc3)CC2)nc1C(F)(F)F. The monoisotopic (exact) mass is 637 g/mol. The average molecular weight is 638 g/mol. The maximum absolute atomic E-state index is 13.9. The molecule has 240 valence electrons. The molecule has 1 unspecified atom stereocenters. The molecule has 0 saturated carbocycles. The number of aromatic nitrogens is 2. The first kappa shape index (κ1) is 30.9. The highest BCUT2D eigenvalue weighted by molar-refractivity contribution is 6.03. The van der Waals surface area contributed by atoms with Gasteiger partial charge in [-0.2, -0.15) is 18.2 Å². The molecule has 3 amide bonds.